The van der Waals surface area contributed by atoms with Gasteiger partial charge in [0.2, 0.25) is 0 Å². The lowest BCUT2D eigenvalue weighted by atomic mass is 9.93. The summed E-state index contributed by atoms with van der Waals surface area (Å²) in [5.41, 5.74) is -4.21. The molecule has 0 N–H and O–H groups in total. The molecule has 0 saturated carbocycles. The van der Waals surface area contributed by atoms with Crippen molar-refractivity contribution in [2.45, 2.75) is 66.9 Å². The van der Waals surface area contributed by atoms with Gasteiger partial charge in [-0.25, -0.2) is 19.2 Å². The third-order valence-electron chi connectivity index (χ3n) is 12.0. The van der Waals surface area contributed by atoms with E-state index in [1.54, 1.807) is 30.3 Å². The van der Waals surface area contributed by atoms with Crippen molar-refractivity contribution in [2.75, 3.05) is 175 Å². The van der Waals surface area contributed by atoms with Crippen molar-refractivity contribution in [3.8, 4) is 0 Å². The molecule has 2 atom stereocenters. The van der Waals surface area contributed by atoms with Gasteiger partial charge in [0, 0.05) is 52.6 Å². The maximum atomic E-state index is 13.4. The lowest BCUT2D eigenvalue weighted by molar-refractivity contribution is -0.890. The molecule has 0 spiro atoms. The minimum absolute atomic E-state index is 0.0257. The van der Waals surface area contributed by atoms with Crippen LogP contribution in [0.1, 0.15) is 65.9 Å². The molecule has 0 aliphatic heterocycles. The lowest BCUT2D eigenvalue weighted by Gasteiger charge is -2.31. The van der Waals surface area contributed by atoms with Gasteiger partial charge in [0.1, 0.15) is 62.5 Å². The van der Waals surface area contributed by atoms with E-state index in [0.29, 0.717) is 27.4 Å². The zero-order valence-corrected chi connectivity index (χ0v) is 49.4. The van der Waals surface area contributed by atoms with Crippen LogP contribution in [-0.2, 0) is 92.2 Å². The molecule has 0 aliphatic carbocycles. The van der Waals surface area contributed by atoms with Gasteiger partial charge < -0.3 is 80.3 Å². The number of ether oxygens (including phenoxy) is 13. The topological polar surface area (TPSA) is 280 Å². The number of quaternary nitrogens is 2. The molecular formula is C54H90N4O22+2. The van der Waals surface area contributed by atoms with E-state index < -0.39 is 110 Å². The second-order valence-corrected chi connectivity index (χ2v) is 21.9. The highest BCUT2D eigenvalue weighted by Crippen LogP contribution is 2.24. The molecular weight excluding hydrogens is 1060 g/mol. The van der Waals surface area contributed by atoms with Crippen molar-refractivity contribution in [3.63, 3.8) is 0 Å². The number of esters is 5. The molecule has 0 bridgehead atoms. The monoisotopic (exact) mass is 1150 g/mol. The van der Waals surface area contributed by atoms with Gasteiger partial charge in [-0.1, -0.05) is 30.3 Å². The van der Waals surface area contributed by atoms with Gasteiger partial charge in [-0.15, -0.1) is 0 Å². The number of hydrogen-bond donors (Lipinski definition) is 0. The lowest BCUT2D eigenvalue weighted by Crippen LogP contribution is -2.45. The van der Waals surface area contributed by atoms with Gasteiger partial charge in [0.15, 0.2) is 0 Å². The van der Waals surface area contributed by atoms with Crippen LogP contribution in [-0.4, -0.2) is 248 Å². The smallest absolute Gasteiger partial charge is 0.465 e. The van der Waals surface area contributed by atoms with Crippen LogP contribution in [0, 0.1) is 16.2 Å². The van der Waals surface area contributed by atoms with Gasteiger partial charge in [0.25, 0.3) is 0 Å². The Hall–Kier alpha value is -6.51. The van der Waals surface area contributed by atoms with Crippen LogP contribution >= 0.6 is 0 Å². The third kappa shape index (κ3) is 32.5. The Morgan fingerprint density at radius 2 is 0.675 bits per heavy atom. The number of carbonyl (C=O) groups excluding carboxylic acids is 9. The predicted molar refractivity (Wildman–Crippen MR) is 284 cm³/mol. The van der Waals surface area contributed by atoms with E-state index in [2.05, 4.69) is 38.0 Å². The summed E-state index contributed by atoms with van der Waals surface area (Å²) in [6, 6.07) is 8.68. The highest BCUT2D eigenvalue weighted by atomic mass is 16.7. The SMILES string of the molecule is CC(=O)OCC(C)(COC(=O)OCCCOC(=O)OCC(C)(COC(=O)OCCCOC(=O)OCC(C)(COC(C)=O)C(=O)OCCC[N+](C)(C)CCN(C)C)C(=O)OCc1ccccc1)C(=O)OCCC[N+](C)(C)CCN(C)C. The minimum atomic E-state index is -1.77. The number of likely N-dealkylation sites (N-methyl/N-ethyl adjacent to an activating group) is 4. The Balaban J connectivity index is 2.67. The number of benzene rings is 1. The Morgan fingerprint density at radius 1 is 0.388 bits per heavy atom. The molecule has 2 unspecified atom stereocenters. The highest BCUT2D eigenvalue weighted by Gasteiger charge is 2.41. The van der Waals surface area contributed by atoms with Crippen molar-refractivity contribution in [1.82, 2.24) is 9.80 Å². The normalized spacial score (nSPS) is 13.7. The summed E-state index contributed by atoms with van der Waals surface area (Å²) in [6.07, 6.45) is -3.67. The Labute approximate surface area is 470 Å². The summed E-state index contributed by atoms with van der Waals surface area (Å²) < 4.78 is 68.9. The van der Waals surface area contributed by atoms with Crippen LogP contribution in [0.25, 0.3) is 0 Å². The van der Waals surface area contributed by atoms with Crippen LogP contribution in [0.15, 0.2) is 30.3 Å². The molecule has 0 fully saturated rings. The van der Waals surface area contributed by atoms with E-state index in [-0.39, 0.29) is 59.1 Å². The summed E-state index contributed by atoms with van der Waals surface area (Å²) in [5.74, 6) is -3.68. The van der Waals surface area contributed by atoms with Crippen molar-refractivity contribution in [3.05, 3.63) is 35.9 Å². The minimum Gasteiger partial charge on any atom is -0.465 e. The summed E-state index contributed by atoms with van der Waals surface area (Å²) in [6.45, 7) is 7.10. The molecule has 0 radical (unpaired) electrons. The Bertz CT molecular complexity index is 1970. The largest absolute Gasteiger partial charge is 0.508 e. The van der Waals surface area contributed by atoms with Crippen LogP contribution in [0.3, 0.4) is 0 Å². The summed E-state index contributed by atoms with van der Waals surface area (Å²) in [4.78, 5) is 117. The molecule has 1 aromatic rings. The van der Waals surface area contributed by atoms with Crippen LogP contribution in [0.4, 0.5) is 19.2 Å². The van der Waals surface area contributed by atoms with Crippen LogP contribution in [0.5, 0.6) is 0 Å². The van der Waals surface area contributed by atoms with Crippen LogP contribution < -0.4 is 0 Å². The molecule has 0 aromatic heterocycles. The zero-order chi connectivity index (χ0) is 60.4. The molecule has 26 heteroatoms. The summed E-state index contributed by atoms with van der Waals surface area (Å²) in [5, 5.41) is 0. The number of rotatable bonds is 39. The first kappa shape index (κ1) is 71.5. The van der Waals surface area contributed by atoms with Crippen molar-refractivity contribution < 1.29 is 114 Å². The van der Waals surface area contributed by atoms with E-state index >= 15 is 0 Å². The quantitative estimate of drug-likeness (QED) is 0.0382. The fraction of sp³-hybridized carbons (Fsp3) is 0.722. The zero-order valence-electron chi connectivity index (χ0n) is 49.4. The molecule has 1 aromatic carbocycles. The molecule has 0 aliphatic rings. The van der Waals surface area contributed by atoms with Gasteiger partial charge in [-0.2, -0.15) is 0 Å². The average molecular weight is 1150 g/mol. The number of nitrogens with zero attached hydrogens (tertiary/aromatic N) is 4. The van der Waals surface area contributed by atoms with Crippen molar-refractivity contribution in [2.24, 2.45) is 16.2 Å². The Kier molecular flexibility index (Phi) is 32.8. The van der Waals surface area contributed by atoms with Gasteiger partial charge in [-0.3, -0.25) is 24.0 Å². The summed E-state index contributed by atoms with van der Waals surface area (Å²) >= 11 is 0. The number of hydrogen-bond acceptors (Lipinski definition) is 24. The fourth-order valence-electron chi connectivity index (χ4n) is 6.51. The first-order valence-corrected chi connectivity index (χ1v) is 26.4. The molecule has 80 heavy (non-hydrogen) atoms. The second-order valence-electron chi connectivity index (χ2n) is 21.9. The average Bonchev–Trinajstić information content (AvgIpc) is 3.40. The van der Waals surface area contributed by atoms with Gasteiger partial charge in [-0.05, 0) is 54.5 Å². The highest BCUT2D eigenvalue weighted by molar-refractivity contribution is 5.79. The first-order valence-electron chi connectivity index (χ1n) is 26.4. The number of carbonyl (C=O) groups is 9. The molecule has 0 saturated heterocycles. The van der Waals surface area contributed by atoms with Gasteiger partial charge in [0.05, 0.1) is 94.0 Å². The molecule has 1 rings (SSSR count). The third-order valence-corrected chi connectivity index (χ3v) is 12.0. The molecule has 0 amide bonds. The van der Waals surface area contributed by atoms with E-state index in [0.717, 1.165) is 39.3 Å². The standard InChI is InChI=1S/C54H90N4O22/c1-42(59)75-36-52(3,45(61)68-29-17-25-57(10,11)27-23-55(6)7)38-77-48(64)70-31-19-33-72-50(66)79-40-54(5,47(63)74-35-44-21-15-14-16-22-44)41-80-51(67)73-34-20-32-71-49(65)78-39-53(4,37-76-43(2)60)46(62)69-30-18-26-58(12,13)28-24-56(8)9/h14-16,21-22H,17-20,23-41H2,1-13H3/q+2. The first-order chi connectivity index (χ1) is 37.4. The van der Waals surface area contributed by atoms with Gasteiger partial charge >= 0.3 is 54.5 Å². The maximum absolute atomic E-state index is 13.4. The van der Waals surface area contributed by atoms with Crippen LogP contribution in [0.2, 0.25) is 0 Å². The summed E-state index contributed by atoms with van der Waals surface area (Å²) in [7, 11) is 16.3. The van der Waals surface area contributed by atoms with E-state index in [9.17, 15) is 43.2 Å². The predicted octanol–water partition coefficient (Wildman–Crippen LogP) is 4.41. The van der Waals surface area contributed by atoms with E-state index in [4.69, 9.17) is 61.6 Å². The maximum Gasteiger partial charge on any atom is 0.508 e. The molecule has 26 nitrogen and oxygen atoms in total. The van der Waals surface area contributed by atoms with E-state index in [1.807, 2.05) is 28.2 Å². The second kappa shape index (κ2) is 36.7. The molecule has 456 valence electrons. The van der Waals surface area contributed by atoms with Crippen molar-refractivity contribution >= 4 is 54.5 Å². The van der Waals surface area contributed by atoms with Crippen molar-refractivity contribution in [1.29, 1.82) is 0 Å². The fourth-order valence-corrected chi connectivity index (χ4v) is 6.51. The van der Waals surface area contributed by atoms with E-state index in [1.165, 1.54) is 34.6 Å². The molecule has 0 heterocycles. The Morgan fingerprint density at radius 3 is 0.975 bits per heavy atom.